The summed E-state index contributed by atoms with van der Waals surface area (Å²) in [5.41, 5.74) is 2.41. The van der Waals surface area contributed by atoms with E-state index < -0.39 is 0 Å². The van der Waals surface area contributed by atoms with Crippen LogP contribution in [0.25, 0.3) is 11.0 Å². The maximum absolute atomic E-state index is 13.2. The van der Waals surface area contributed by atoms with Crippen molar-refractivity contribution < 1.29 is 18.7 Å². The molecule has 5 nitrogen and oxygen atoms in total. The molecule has 158 valence electrons. The quantitative estimate of drug-likeness (QED) is 0.389. The van der Waals surface area contributed by atoms with Crippen LogP contribution >= 0.6 is 0 Å². The monoisotopic (exact) mass is 415 g/mol. The van der Waals surface area contributed by atoms with Crippen LogP contribution in [0.4, 0.5) is 0 Å². The summed E-state index contributed by atoms with van der Waals surface area (Å²) in [6.07, 6.45) is 0.744. The van der Waals surface area contributed by atoms with E-state index in [1.54, 1.807) is 7.11 Å². The molecule has 0 spiro atoms. The van der Waals surface area contributed by atoms with Gasteiger partial charge in [-0.15, -0.1) is 0 Å². The normalized spacial score (nSPS) is 11.8. The lowest BCUT2D eigenvalue weighted by Gasteiger charge is -2.17. The summed E-state index contributed by atoms with van der Waals surface area (Å²) in [7, 11) is 1.63. The van der Waals surface area contributed by atoms with Gasteiger partial charge in [-0.2, -0.15) is 0 Å². The summed E-state index contributed by atoms with van der Waals surface area (Å²) in [5.74, 6) is 1.54. The average Bonchev–Trinajstić information content (AvgIpc) is 3.20. The molecule has 1 aromatic heterocycles. The van der Waals surface area contributed by atoms with Crippen molar-refractivity contribution in [2.45, 2.75) is 26.0 Å². The van der Waals surface area contributed by atoms with Gasteiger partial charge in [-0.1, -0.05) is 55.5 Å². The molecule has 0 aliphatic heterocycles. The minimum absolute atomic E-state index is 0.144. The van der Waals surface area contributed by atoms with Crippen molar-refractivity contribution >= 4 is 16.9 Å². The maximum Gasteiger partial charge on any atom is 0.287 e. The van der Waals surface area contributed by atoms with Crippen molar-refractivity contribution in [1.29, 1.82) is 0 Å². The van der Waals surface area contributed by atoms with E-state index in [0.717, 1.165) is 34.4 Å². The van der Waals surface area contributed by atoms with Crippen LogP contribution in [0.1, 0.15) is 41.1 Å². The van der Waals surface area contributed by atoms with Crippen LogP contribution in [0.5, 0.6) is 11.5 Å². The Morgan fingerprint density at radius 1 is 0.935 bits per heavy atom. The van der Waals surface area contributed by atoms with Gasteiger partial charge < -0.3 is 19.2 Å². The molecular weight excluding hydrogens is 390 g/mol. The molecule has 0 aliphatic rings. The first-order valence-corrected chi connectivity index (χ1v) is 10.3. The predicted molar refractivity (Wildman–Crippen MR) is 120 cm³/mol. The fourth-order valence-corrected chi connectivity index (χ4v) is 3.58. The minimum Gasteiger partial charge on any atom is -0.497 e. The van der Waals surface area contributed by atoms with Crippen LogP contribution in [0.15, 0.2) is 83.3 Å². The summed E-state index contributed by atoms with van der Waals surface area (Å²) in [4.78, 5) is 13.2. The number of carbonyl (C=O) groups excluding carboxylic acids is 1. The summed E-state index contributed by atoms with van der Waals surface area (Å²) in [6, 6.07) is 24.7. The predicted octanol–water partition coefficient (Wildman–Crippen LogP) is 5.90. The Morgan fingerprint density at radius 3 is 2.35 bits per heavy atom. The molecule has 1 amide bonds. The van der Waals surface area contributed by atoms with E-state index in [1.807, 2.05) is 85.8 Å². The van der Waals surface area contributed by atoms with E-state index in [2.05, 4.69) is 5.32 Å². The van der Waals surface area contributed by atoms with Crippen LogP contribution < -0.4 is 14.8 Å². The Morgan fingerprint density at radius 2 is 1.65 bits per heavy atom. The van der Waals surface area contributed by atoms with Gasteiger partial charge in [0.25, 0.3) is 5.91 Å². The molecule has 1 heterocycles. The molecule has 0 fully saturated rings. The van der Waals surface area contributed by atoms with E-state index in [0.29, 0.717) is 5.58 Å². The molecule has 3 aromatic carbocycles. The van der Waals surface area contributed by atoms with E-state index in [4.69, 9.17) is 13.9 Å². The summed E-state index contributed by atoms with van der Waals surface area (Å²) in [6.45, 7) is 2.27. The van der Waals surface area contributed by atoms with Gasteiger partial charge >= 0.3 is 0 Å². The SMILES string of the molecule is CCC(NC(=O)c1oc2ccccc2c1COc1ccccc1)c1ccc(OC)cc1. The second-order valence-corrected chi connectivity index (χ2v) is 7.22. The molecule has 0 saturated carbocycles. The van der Waals surface area contributed by atoms with Crippen LogP contribution in [-0.2, 0) is 6.61 Å². The van der Waals surface area contributed by atoms with Crippen molar-refractivity contribution in [3.05, 3.63) is 95.7 Å². The summed E-state index contributed by atoms with van der Waals surface area (Å²) in [5, 5.41) is 3.98. The molecule has 4 aromatic rings. The summed E-state index contributed by atoms with van der Waals surface area (Å²) >= 11 is 0. The van der Waals surface area contributed by atoms with Gasteiger partial charge in [0.15, 0.2) is 5.76 Å². The fraction of sp³-hybridized carbons (Fsp3) is 0.192. The van der Waals surface area contributed by atoms with Crippen molar-refractivity contribution in [2.24, 2.45) is 0 Å². The highest BCUT2D eigenvalue weighted by atomic mass is 16.5. The Balaban J connectivity index is 1.60. The molecule has 4 rings (SSSR count). The van der Waals surface area contributed by atoms with E-state index in [-0.39, 0.29) is 24.3 Å². The molecule has 1 N–H and O–H groups in total. The van der Waals surface area contributed by atoms with Gasteiger partial charge in [0.05, 0.1) is 13.2 Å². The number of benzene rings is 3. The molecule has 1 unspecified atom stereocenters. The molecule has 31 heavy (non-hydrogen) atoms. The number of para-hydroxylation sites is 2. The first-order valence-electron chi connectivity index (χ1n) is 10.3. The number of hydrogen-bond donors (Lipinski definition) is 1. The van der Waals surface area contributed by atoms with E-state index in [1.165, 1.54) is 0 Å². The highest BCUT2D eigenvalue weighted by Gasteiger charge is 2.23. The van der Waals surface area contributed by atoms with E-state index in [9.17, 15) is 4.79 Å². The first-order chi connectivity index (χ1) is 15.2. The number of ether oxygens (including phenoxy) is 2. The zero-order valence-electron chi connectivity index (χ0n) is 17.6. The average molecular weight is 415 g/mol. The number of methoxy groups -OCH3 is 1. The standard InChI is InChI=1S/C26H25NO4/c1-3-23(18-13-15-19(29-2)16-14-18)27-26(28)25-22(17-30-20-9-5-4-6-10-20)21-11-7-8-12-24(21)31-25/h4-16,23H,3,17H2,1-2H3,(H,27,28). The molecular formula is C26H25NO4. The Hall–Kier alpha value is -3.73. The van der Waals surface area contributed by atoms with Gasteiger partial charge in [-0.3, -0.25) is 4.79 Å². The number of rotatable bonds is 8. The topological polar surface area (TPSA) is 60.7 Å². The van der Waals surface area contributed by atoms with Crippen molar-refractivity contribution in [3.8, 4) is 11.5 Å². The molecule has 0 bridgehead atoms. The third-order valence-electron chi connectivity index (χ3n) is 5.26. The largest absolute Gasteiger partial charge is 0.497 e. The first kappa shape index (κ1) is 20.5. The van der Waals surface area contributed by atoms with Crippen LogP contribution in [0, 0.1) is 0 Å². The number of carbonyl (C=O) groups is 1. The van der Waals surface area contributed by atoms with Crippen molar-refractivity contribution in [2.75, 3.05) is 7.11 Å². The Kier molecular flexibility index (Phi) is 6.22. The minimum atomic E-state index is -0.259. The highest BCUT2D eigenvalue weighted by Crippen LogP contribution is 2.28. The lowest BCUT2D eigenvalue weighted by atomic mass is 10.0. The van der Waals surface area contributed by atoms with Crippen LogP contribution in [0.3, 0.4) is 0 Å². The zero-order chi connectivity index (χ0) is 21.6. The van der Waals surface area contributed by atoms with Crippen molar-refractivity contribution in [1.82, 2.24) is 5.32 Å². The van der Waals surface area contributed by atoms with E-state index >= 15 is 0 Å². The number of nitrogens with one attached hydrogen (secondary N) is 1. The number of amides is 1. The van der Waals surface area contributed by atoms with Gasteiger partial charge in [0.1, 0.15) is 23.7 Å². The second kappa shape index (κ2) is 9.39. The fourth-order valence-electron chi connectivity index (χ4n) is 3.58. The zero-order valence-corrected chi connectivity index (χ0v) is 17.6. The van der Waals surface area contributed by atoms with Gasteiger partial charge in [-0.25, -0.2) is 0 Å². The molecule has 0 saturated heterocycles. The lowest BCUT2D eigenvalue weighted by molar-refractivity contribution is 0.0906. The van der Waals surface area contributed by atoms with Gasteiger partial charge in [0.2, 0.25) is 0 Å². The molecule has 1 atom stereocenters. The smallest absolute Gasteiger partial charge is 0.287 e. The molecule has 0 aliphatic carbocycles. The lowest BCUT2D eigenvalue weighted by Crippen LogP contribution is -2.28. The van der Waals surface area contributed by atoms with Gasteiger partial charge in [-0.05, 0) is 42.3 Å². The number of hydrogen-bond acceptors (Lipinski definition) is 4. The van der Waals surface area contributed by atoms with Crippen LogP contribution in [-0.4, -0.2) is 13.0 Å². The second-order valence-electron chi connectivity index (χ2n) is 7.22. The van der Waals surface area contributed by atoms with Gasteiger partial charge in [0, 0.05) is 10.9 Å². The third-order valence-corrected chi connectivity index (χ3v) is 5.26. The Bertz CT molecular complexity index is 1150. The third kappa shape index (κ3) is 4.56. The highest BCUT2D eigenvalue weighted by molar-refractivity contribution is 5.99. The number of fused-ring (bicyclic) bond motifs is 1. The Labute approximate surface area is 181 Å². The van der Waals surface area contributed by atoms with Crippen LogP contribution in [0.2, 0.25) is 0 Å². The summed E-state index contributed by atoms with van der Waals surface area (Å²) < 4.78 is 17.1. The number of furan rings is 1. The molecule has 5 heteroatoms. The molecule has 0 radical (unpaired) electrons. The van der Waals surface area contributed by atoms with Crippen molar-refractivity contribution in [3.63, 3.8) is 0 Å². The maximum atomic E-state index is 13.2.